The first-order chi connectivity index (χ1) is 17.5. The van der Waals surface area contributed by atoms with Gasteiger partial charge in [0.15, 0.2) is 12.3 Å². The summed E-state index contributed by atoms with van der Waals surface area (Å²) in [6, 6.07) is 1.41. The molecular weight excluding hydrogens is 462 g/mol. The minimum absolute atomic E-state index is 0.0474. The van der Waals surface area contributed by atoms with Crippen LogP contribution in [0.3, 0.4) is 0 Å². The summed E-state index contributed by atoms with van der Waals surface area (Å²) in [5.41, 5.74) is 4.84. The predicted octanol–water partition coefficient (Wildman–Crippen LogP) is 4.03. The Bertz CT molecular complexity index is 843. The van der Waals surface area contributed by atoms with E-state index in [1.165, 1.54) is 57.2 Å². The molecule has 1 fully saturated rings. The van der Waals surface area contributed by atoms with Crippen molar-refractivity contribution in [1.29, 1.82) is 0 Å². The van der Waals surface area contributed by atoms with Crippen LogP contribution in [-0.4, -0.2) is 50.7 Å². The van der Waals surface area contributed by atoms with Gasteiger partial charge in [-0.25, -0.2) is 4.79 Å². The number of esters is 1. The smallest absolute Gasteiger partial charge is 0.351 e. The maximum absolute atomic E-state index is 12.4. The zero-order valence-electron chi connectivity index (χ0n) is 21.7. The molecule has 9 nitrogen and oxygen atoms in total. The molecule has 204 valence electrons. The van der Waals surface area contributed by atoms with E-state index in [0.29, 0.717) is 6.42 Å². The number of hydrogen-bond acceptors (Lipinski definition) is 8. The third-order valence-electron chi connectivity index (χ3n) is 6.53. The number of nitrogens with two attached hydrogens (primary N) is 1. The molecule has 1 saturated heterocycles. The van der Waals surface area contributed by atoms with Gasteiger partial charge >= 0.3 is 11.7 Å². The fourth-order valence-corrected chi connectivity index (χ4v) is 4.39. The first kappa shape index (κ1) is 30.0. The summed E-state index contributed by atoms with van der Waals surface area (Å²) in [6.45, 7) is 1.77. The predicted molar refractivity (Wildman–Crippen MR) is 139 cm³/mol. The van der Waals surface area contributed by atoms with Crippen molar-refractivity contribution >= 4 is 11.8 Å². The van der Waals surface area contributed by atoms with Crippen LogP contribution in [0.25, 0.3) is 0 Å². The lowest BCUT2D eigenvalue weighted by atomic mass is 10.1. The van der Waals surface area contributed by atoms with Crippen molar-refractivity contribution in [2.24, 2.45) is 0 Å². The first-order valence-corrected chi connectivity index (χ1v) is 13.6. The molecule has 1 aromatic heterocycles. The number of nitrogens with zero attached hydrogens (tertiary/aromatic N) is 2. The molecule has 0 aromatic carbocycles. The van der Waals surface area contributed by atoms with Crippen LogP contribution in [0.15, 0.2) is 29.2 Å². The standard InChI is InChI=1S/C27H45N3O6/c1-2-3-4-5-6-7-8-9-10-11-12-13-14-15-16-17-23(32)36-25-24(33)21(20-31)35-26(25)30-19-18-22(28)29-27(30)34/h9-10,18-19,21,24-26,31,33H,2-8,11-17,20H2,1H3,(H2,28,29,34)/b10-9-/t21-,24-,25-,26-/m1/s1. The molecule has 1 aliphatic heterocycles. The fourth-order valence-electron chi connectivity index (χ4n) is 4.39. The molecule has 2 rings (SSSR count). The lowest BCUT2D eigenvalue weighted by Crippen LogP contribution is -2.39. The molecular formula is C27H45N3O6. The van der Waals surface area contributed by atoms with E-state index in [-0.39, 0.29) is 12.2 Å². The van der Waals surface area contributed by atoms with Gasteiger partial charge in [-0.15, -0.1) is 0 Å². The zero-order chi connectivity index (χ0) is 26.2. The summed E-state index contributed by atoms with van der Waals surface area (Å²) in [5.74, 6) is -0.424. The average Bonchev–Trinajstić information content (AvgIpc) is 3.16. The van der Waals surface area contributed by atoms with E-state index in [0.717, 1.165) is 36.7 Å². The van der Waals surface area contributed by atoms with E-state index in [2.05, 4.69) is 24.1 Å². The van der Waals surface area contributed by atoms with Gasteiger partial charge in [0.1, 0.15) is 18.0 Å². The Balaban J connectivity index is 1.61. The third kappa shape index (κ3) is 10.4. The number of ether oxygens (including phenoxy) is 2. The van der Waals surface area contributed by atoms with Crippen LogP contribution in [0, 0.1) is 0 Å². The van der Waals surface area contributed by atoms with Crippen molar-refractivity contribution < 1.29 is 24.5 Å². The number of carbonyl (C=O) groups excluding carboxylic acids is 1. The number of aliphatic hydroxyl groups excluding tert-OH is 2. The van der Waals surface area contributed by atoms with Crippen molar-refractivity contribution in [2.45, 2.75) is 121 Å². The van der Waals surface area contributed by atoms with Crippen LogP contribution >= 0.6 is 0 Å². The SMILES string of the molecule is CCCCCCCC/C=C\CCCCCCCC(=O)O[C@@H]1[C@H](O)[C@@H](CO)O[C@H]1n1ccc(N)nc1=O. The van der Waals surface area contributed by atoms with Crippen LogP contribution in [0.1, 0.15) is 103 Å². The van der Waals surface area contributed by atoms with Crippen LogP contribution in [-0.2, 0) is 14.3 Å². The van der Waals surface area contributed by atoms with Gasteiger partial charge in [-0.2, -0.15) is 4.98 Å². The Morgan fingerprint density at radius 3 is 2.31 bits per heavy atom. The van der Waals surface area contributed by atoms with Crippen LogP contribution in [0.5, 0.6) is 0 Å². The summed E-state index contributed by atoms with van der Waals surface area (Å²) >= 11 is 0. The zero-order valence-corrected chi connectivity index (χ0v) is 21.7. The molecule has 36 heavy (non-hydrogen) atoms. The number of carbonyl (C=O) groups is 1. The fraction of sp³-hybridized carbons (Fsp3) is 0.741. The van der Waals surface area contributed by atoms with Crippen molar-refractivity contribution in [1.82, 2.24) is 9.55 Å². The number of hydrogen-bond donors (Lipinski definition) is 3. The highest BCUT2D eigenvalue weighted by molar-refractivity contribution is 5.69. The highest BCUT2D eigenvalue weighted by Crippen LogP contribution is 2.31. The third-order valence-corrected chi connectivity index (χ3v) is 6.53. The van der Waals surface area contributed by atoms with Crippen LogP contribution in [0.2, 0.25) is 0 Å². The lowest BCUT2D eigenvalue weighted by Gasteiger charge is -2.22. The van der Waals surface area contributed by atoms with Gasteiger partial charge in [-0.05, 0) is 38.2 Å². The van der Waals surface area contributed by atoms with Crippen molar-refractivity contribution in [2.75, 3.05) is 12.3 Å². The molecule has 4 N–H and O–H groups in total. The van der Waals surface area contributed by atoms with Gasteiger partial charge in [0.2, 0.25) is 0 Å². The highest BCUT2D eigenvalue weighted by atomic mass is 16.6. The minimum atomic E-state index is -1.26. The van der Waals surface area contributed by atoms with E-state index in [1.807, 2.05) is 0 Å². The van der Waals surface area contributed by atoms with Gasteiger partial charge in [0.25, 0.3) is 0 Å². The van der Waals surface area contributed by atoms with E-state index in [9.17, 15) is 19.8 Å². The van der Waals surface area contributed by atoms with E-state index in [1.54, 1.807) is 0 Å². The Kier molecular flexibility index (Phi) is 14.4. The normalized spacial score (nSPS) is 21.9. The second kappa shape index (κ2) is 17.3. The summed E-state index contributed by atoms with van der Waals surface area (Å²) in [7, 11) is 0. The number of nitrogen functional groups attached to an aromatic ring is 1. The second-order valence-electron chi connectivity index (χ2n) is 9.57. The molecule has 0 spiro atoms. The Morgan fingerprint density at radius 2 is 1.69 bits per heavy atom. The lowest BCUT2D eigenvalue weighted by molar-refractivity contribution is -0.159. The quantitative estimate of drug-likeness (QED) is 0.154. The topological polar surface area (TPSA) is 137 Å². The van der Waals surface area contributed by atoms with Crippen molar-refractivity contribution in [3.63, 3.8) is 0 Å². The number of unbranched alkanes of at least 4 members (excludes halogenated alkanes) is 11. The maximum Gasteiger partial charge on any atom is 0.351 e. The van der Waals surface area contributed by atoms with Gasteiger partial charge < -0.3 is 25.4 Å². The molecule has 2 heterocycles. The molecule has 0 amide bonds. The molecule has 1 aromatic rings. The molecule has 1 aliphatic rings. The van der Waals surface area contributed by atoms with E-state index >= 15 is 0 Å². The number of anilines is 1. The average molecular weight is 508 g/mol. The summed E-state index contributed by atoms with van der Waals surface area (Å²) in [4.78, 5) is 28.2. The summed E-state index contributed by atoms with van der Waals surface area (Å²) in [5, 5.41) is 19.9. The van der Waals surface area contributed by atoms with Crippen LogP contribution in [0.4, 0.5) is 5.82 Å². The molecule has 4 atom stereocenters. The molecule has 9 heteroatoms. The molecule has 0 saturated carbocycles. The minimum Gasteiger partial charge on any atom is -0.455 e. The van der Waals surface area contributed by atoms with Gasteiger partial charge in [0.05, 0.1) is 6.61 Å². The Hall–Kier alpha value is -2.23. The number of rotatable bonds is 18. The first-order valence-electron chi connectivity index (χ1n) is 13.6. The number of allylic oxidation sites excluding steroid dienone is 2. The van der Waals surface area contributed by atoms with Crippen molar-refractivity contribution in [3.05, 3.63) is 34.9 Å². The Morgan fingerprint density at radius 1 is 1.08 bits per heavy atom. The van der Waals surface area contributed by atoms with Gasteiger partial charge in [0, 0.05) is 12.6 Å². The van der Waals surface area contributed by atoms with E-state index in [4.69, 9.17) is 15.2 Å². The Labute approximate surface area is 214 Å². The summed E-state index contributed by atoms with van der Waals surface area (Å²) < 4.78 is 12.2. The van der Waals surface area contributed by atoms with Gasteiger partial charge in [-0.3, -0.25) is 9.36 Å². The van der Waals surface area contributed by atoms with Crippen molar-refractivity contribution in [3.8, 4) is 0 Å². The van der Waals surface area contributed by atoms with E-state index < -0.39 is 42.8 Å². The molecule has 0 bridgehead atoms. The van der Waals surface area contributed by atoms with Crippen LogP contribution < -0.4 is 11.4 Å². The molecule has 0 aliphatic carbocycles. The number of aliphatic hydroxyl groups is 2. The largest absolute Gasteiger partial charge is 0.455 e. The monoisotopic (exact) mass is 507 g/mol. The number of aromatic nitrogens is 2. The molecule has 0 unspecified atom stereocenters. The van der Waals surface area contributed by atoms with Gasteiger partial charge in [-0.1, -0.05) is 70.4 Å². The maximum atomic E-state index is 12.4. The highest BCUT2D eigenvalue weighted by Gasteiger charge is 2.47. The summed E-state index contributed by atoms with van der Waals surface area (Å²) in [6.07, 6.45) is 16.9. The molecule has 0 radical (unpaired) electrons. The second-order valence-corrected chi connectivity index (χ2v) is 9.57.